The van der Waals surface area contributed by atoms with Crippen molar-refractivity contribution in [2.24, 2.45) is 0 Å². The van der Waals surface area contributed by atoms with Crippen LogP contribution in [0.15, 0.2) is 30.3 Å². The lowest BCUT2D eigenvalue weighted by molar-refractivity contribution is -0.139. The first-order valence-electron chi connectivity index (χ1n) is 9.41. The highest BCUT2D eigenvalue weighted by Crippen LogP contribution is 2.25. The first-order chi connectivity index (χ1) is 14.2. The number of nitrogens with zero attached hydrogens (tertiary/aromatic N) is 4. The minimum atomic E-state index is -0.631. The maximum Gasteiger partial charge on any atom is 0.410 e. The van der Waals surface area contributed by atoms with Crippen LogP contribution in [0.3, 0.4) is 0 Å². The number of ether oxygens (including phenoxy) is 1. The van der Waals surface area contributed by atoms with E-state index in [-0.39, 0.29) is 25.5 Å². The van der Waals surface area contributed by atoms with Crippen LogP contribution in [0, 0.1) is 0 Å². The van der Waals surface area contributed by atoms with Crippen molar-refractivity contribution in [1.82, 2.24) is 25.4 Å². The number of piperazine rings is 1. The lowest BCUT2D eigenvalue weighted by atomic mass is 10.2. The Morgan fingerprint density at radius 3 is 2.57 bits per heavy atom. The standard InChI is InChI=1S/C19H24N6O4S/c1-19(2,3)29-18(28)25-10-9-24(15(27)12-25)11-14(26)20-22-17-23-21-16(30-17)13-7-5-4-6-8-13/h4-8H,9-12H2,1-3H3,(H,20,26)(H,22,23). The highest BCUT2D eigenvalue weighted by molar-refractivity contribution is 7.18. The monoisotopic (exact) mass is 432 g/mol. The summed E-state index contributed by atoms with van der Waals surface area (Å²) < 4.78 is 5.28. The van der Waals surface area contributed by atoms with Gasteiger partial charge in [-0.25, -0.2) is 4.79 Å². The van der Waals surface area contributed by atoms with E-state index in [1.54, 1.807) is 20.8 Å². The average molecular weight is 433 g/mol. The van der Waals surface area contributed by atoms with Crippen molar-refractivity contribution in [2.45, 2.75) is 26.4 Å². The van der Waals surface area contributed by atoms with Gasteiger partial charge in [0.15, 0.2) is 0 Å². The zero-order valence-electron chi connectivity index (χ0n) is 17.0. The zero-order valence-corrected chi connectivity index (χ0v) is 17.9. The van der Waals surface area contributed by atoms with Crippen LogP contribution in [0.2, 0.25) is 0 Å². The number of aromatic nitrogens is 2. The smallest absolute Gasteiger partial charge is 0.410 e. The molecule has 3 rings (SSSR count). The quantitative estimate of drug-likeness (QED) is 0.691. The molecule has 1 saturated heterocycles. The van der Waals surface area contributed by atoms with Gasteiger partial charge in [-0.2, -0.15) is 0 Å². The summed E-state index contributed by atoms with van der Waals surface area (Å²) in [5, 5.41) is 9.23. The summed E-state index contributed by atoms with van der Waals surface area (Å²) >= 11 is 1.30. The van der Waals surface area contributed by atoms with Gasteiger partial charge >= 0.3 is 6.09 Å². The van der Waals surface area contributed by atoms with Gasteiger partial charge in [-0.15, -0.1) is 10.2 Å². The van der Waals surface area contributed by atoms with Gasteiger partial charge in [0.2, 0.25) is 11.0 Å². The number of rotatable bonds is 5. The number of hydrazine groups is 1. The Labute approximate surface area is 178 Å². The fourth-order valence-corrected chi connectivity index (χ4v) is 3.37. The van der Waals surface area contributed by atoms with E-state index in [4.69, 9.17) is 4.74 Å². The molecule has 1 aromatic heterocycles. The van der Waals surface area contributed by atoms with E-state index in [0.29, 0.717) is 11.7 Å². The van der Waals surface area contributed by atoms with Crippen molar-refractivity contribution in [2.75, 3.05) is 31.6 Å². The van der Waals surface area contributed by atoms with Crippen molar-refractivity contribution < 1.29 is 19.1 Å². The molecule has 0 radical (unpaired) electrons. The first-order valence-corrected chi connectivity index (χ1v) is 10.2. The van der Waals surface area contributed by atoms with E-state index in [1.807, 2.05) is 30.3 Å². The van der Waals surface area contributed by atoms with Crippen LogP contribution in [0.25, 0.3) is 10.6 Å². The molecule has 1 aliphatic rings. The van der Waals surface area contributed by atoms with Crippen LogP contribution in [0.1, 0.15) is 20.8 Å². The predicted octanol–water partition coefficient (Wildman–Crippen LogP) is 1.73. The van der Waals surface area contributed by atoms with Gasteiger partial charge in [0.05, 0.1) is 0 Å². The second-order valence-electron chi connectivity index (χ2n) is 7.67. The van der Waals surface area contributed by atoms with E-state index in [2.05, 4.69) is 21.0 Å². The van der Waals surface area contributed by atoms with Gasteiger partial charge in [0, 0.05) is 18.7 Å². The molecule has 10 nitrogen and oxygen atoms in total. The van der Waals surface area contributed by atoms with Gasteiger partial charge in [0.25, 0.3) is 5.91 Å². The molecule has 1 aliphatic heterocycles. The molecule has 0 unspecified atom stereocenters. The molecule has 0 bridgehead atoms. The minimum absolute atomic E-state index is 0.119. The Morgan fingerprint density at radius 1 is 1.17 bits per heavy atom. The van der Waals surface area contributed by atoms with Gasteiger partial charge in [-0.05, 0) is 20.8 Å². The average Bonchev–Trinajstić information content (AvgIpc) is 3.16. The molecule has 2 heterocycles. The number of anilines is 1. The molecular formula is C19H24N6O4S. The summed E-state index contributed by atoms with van der Waals surface area (Å²) in [7, 11) is 0. The molecule has 0 spiro atoms. The normalized spacial score (nSPS) is 14.4. The highest BCUT2D eigenvalue weighted by atomic mass is 32.1. The molecule has 3 amide bonds. The predicted molar refractivity (Wildman–Crippen MR) is 111 cm³/mol. The van der Waals surface area contributed by atoms with Crippen LogP contribution < -0.4 is 10.9 Å². The van der Waals surface area contributed by atoms with E-state index in [0.717, 1.165) is 10.6 Å². The topological polar surface area (TPSA) is 117 Å². The second kappa shape index (κ2) is 9.08. The molecular weight excluding hydrogens is 408 g/mol. The number of nitrogens with one attached hydrogen (secondary N) is 2. The molecule has 1 aromatic carbocycles. The van der Waals surface area contributed by atoms with Gasteiger partial charge in [-0.3, -0.25) is 25.3 Å². The van der Waals surface area contributed by atoms with Crippen LogP contribution in [0.4, 0.5) is 9.93 Å². The lowest BCUT2D eigenvalue weighted by Crippen LogP contribution is -2.55. The second-order valence-corrected chi connectivity index (χ2v) is 8.65. The van der Waals surface area contributed by atoms with E-state index in [9.17, 15) is 14.4 Å². The van der Waals surface area contributed by atoms with Crippen LogP contribution in [0.5, 0.6) is 0 Å². The number of carbonyl (C=O) groups is 3. The molecule has 160 valence electrons. The van der Waals surface area contributed by atoms with Gasteiger partial charge < -0.3 is 9.64 Å². The molecule has 1 fully saturated rings. The fourth-order valence-electron chi connectivity index (χ4n) is 2.67. The van der Waals surface area contributed by atoms with Crippen molar-refractivity contribution in [3.05, 3.63) is 30.3 Å². The molecule has 2 aromatic rings. The first kappa shape index (κ1) is 21.5. The molecule has 11 heteroatoms. The summed E-state index contributed by atoms with van der Waals surface area (Å²) in [6.45, 7) is 5.61. The van der Waals surface area contributed by atoms with Crippen molar-refractivity contribution in [1.29, 1.82) is 0 Å². The minimum Gasteiger partial charge on any atom is -0.444 e. The Balaban J connectivity index is 1.45. The third kappa shape index (κ3) is 5.89. The summed E-state index contributed by atoms with van der Waals surface area (Å²) in [4.78, 5) is 39.3. The Bertz CT molecular complexity index is 911. The summed E-state index contributed by atoms with van der Waals surface area (Å²) in [5.41, 5.74) is 5.53. The van der Waals surface area contributed by atoms with E-state index in [1.165, 1.54) is 21.1 Å². The third-order valence-electron chi connectivity index (χ3n) is 4.06. The molecule has 0 atom stereocenters. The molecule has 2 N–H and O–H groups in total. The number of hydrogen-bond donors (Lipinski definition) is 2. The van der Waals surface area contributed by atoms with E-state index >= 15 is 0 Å². The third-order valence-corrected chi connectivity index (χ3v) is 4.95. The molecule has 0 aliphatic carbocycles. The summed E-state index contributed by atoms with van der Waals surface area (Å²) in [6, 6.07) is 9.58. The van der Waals surface area contributed by atoms with Crippen LogP contribution >= 0.6 is 11.3 Å². The molecule has 0 saturated carbocycles. The Morgan fingerprint density at radius 2 is 1.90 bits per heavy atom. The maximum absolute atomic E-state index is 12.3. The SMILES string of the molecule is CC(C)(C)OC(=O)N1CCN(CC(=O)NNc2nnc(-c3ccccc3)s2)C(=O)C1. The number of carbonyl (C=O) groups excluding carboxylic acids is 3. The van der Waals surface area contributed by atoms with Crippen LogP contribution in [-0.2, 0) is 14.3 Å². The van der Waals surface area contributed by atoms with Gasteiger partial charge in [-0.1, -0.05) is 41.7 Å². The Hall–Kier alpha value is -3.21. The van der Waals surface area contributed by atoms with Crippen molar-refractivity contribution in [3.63, 3.8) is 0 Å². The largest absolute Gasteiger partial charge is 0.444 e. The number of amides is 3. The van der Waals surface area contributed by atoms with E-state index < -0.39 is 17.6 Å². The van der Waals surface area contributed by atoms with Crippen LogP contribution in [-0.4, -0.2) is 69.7 Å². The lowest BCUT2D eigenvalue weighted by Gasteiger charge is -2.34. The summed E-state index contributed by atoms with van der Waals surface area (Å²) in [5.74, 6) is -0.713. The number of hydrogen-bond acceptors (Lipinski definition) is 8. The Kier molecular flexibility index (Phi) is 6.50. The highest BCUT2D eigenvalue weighted by Gasteiger charge is 2.31. The van der Waals surface area contributed by atoms with Crippen molar-refractivity contribution in [3.8, 4) is 10.6 Å². The van der Waals surface area contributed by atoms with Crippen molar-refractivity contribution >= 4 is 34.4 Å². The maximum atomic E-state index is 12.3. The fraction of sp³-hybridized carbons (Fsp3) is 0.421. The zero-order chi connectivity index (χ0) is 21.7. The number of benzene rings is 1. The molecule has 30 heavy (non-hydrogen) atoms. The summed E-state index contributed by atoms with van der Waals surface area (Å²) in [6.07, 6.45) is -0.535. The van der Waals surface area contributed by atoms with Gasteiger partial charge in [0.1, 0.15) is 23.7 Å².